The van der Waals surface area contributed by atoms with Crippen LogP contribution in [0.5, 0.6) is 0 Å². The number of rotatable bonds is 4. The van der Waals surface area contributed by atoms with Gasteiger partial charge in [-0.3, -0.25) is 0 Å². The second-order valence-corrected chi connectivity index (χ2v) is 3.15. The summed E-state index contributed by atoms with van der Waals surface area (Å²) in [5.41, 5.74) is 0.176. The second kappa shape index (κ2) is 10.8. The van der Waals surface area contributed by atoms with Gasteiger partial charge in [-0.2, -0.15) is 0 Å². The van der Waals surface area contributed by atoms with E-state index >= 15 is 0 Å². The molecule has 1 N–H and O–H groups in total. The minimum absolute atomic E-state index is 0.176. The van der Waals surface area contributed by atoms with E-state index in [2.05, 4.69) is 9.90 Å². The van der Waals surface area contributed by atoms with Gasteiger partial charge in [-0.05, 0) is 6.92 Å². The van der Waals surface area contributed by atoms with Gasteiger partial charge in [-0.15, -0.1) is 0 Å². The predicted octanol–water partition coefficient (Wildman–Crippen LogP) is 1.23. The molecule has 0 spiro atoms. The molecule has 0 bridgehead atoms. The molecule has 0 saturated heterocycles. The van der Waals surface area contributed by atoms with Crippen LogP contribution in [0.15, 0.2) is 12.2 Å². The molecule has 0 aromatic carbocycles. The average Bonchev–Trinajstić information content (AvgIpc) is 2.02. The summed E-state index contributed by atoms with van der Waals surface area (Å²) >= 11 is -0.479. The fraction of sp³-hybridized carbons (Fsp3) is 0.571. The minimum atomic E-state index is -0.935. The summed E-state index contributed by atoms with van der Waals surface area (Å²) in [4.78, 5) is 9.60. The number of carbonyl (C=O) groups is 1. The molecule has 0 aromatic heterocycles. The third-order valence-corrected chi connectivity index (χ3v) is 1.55. The summed E-state index contributed by atoms with van der Waals surface area (Å²) < 4.78 is 9.57. The van der Waals surface area contributed by atoms with Crippen LogP contribution in [-0.4, -0.2) is 24.8 Å². The van der Waals surface area contributed by atoms with Crippen molar-refractivity contribution in [2.24, 2.45) is 0 Å². The van der Waals surface area contributed by atoms with Crippen LogP contribution in [0.3, 0.4) is 0 Å². The molecule has 0 aliphatic rings. The average molecular weight is 210 g/mol. The molecule has 0 aliphatic heterocycles. The summed E-state index contributed by atoms with van der Waals surface area (Å²) in [6.45, 7) is 7.35. The van der Waals surface area contributed by atoms with E-state index in [1.165, 1.54) is 6.92 Å². The van der Waals surface area contributed by atoms with E-state index in [-0.39, 0.29) is 5.57 Å². The summed E-state index contributed by atoms with van der Waals surface area (Å²) in [5, 5.41) is 7.89. The molecule has 4 nitrogen and oxygen atoms in total. The molecule has 0 rings (SSSR count). The Morgan fingerprint density at radius 3 is 2.17 bits per heavy atom. The molecular weight excluding hydrogens is 196 g/mol. The SMILES string of the molecule is C=C(C)C(=O)O.CC[O][Ti][O]C. The first-order valence-electron chi connectivity index (χ1n) is 3.34. The topological polar surface area (TPSA) is 55.8 Å². The van der Waals surface area contributed by atoms with Gasteiger partial charge in [0.2, 0.25) is 0 Å². The fourth-order valence-electron chi connectivity index (χ4n) is 0.118. The molecule has 0 amide bonds. The fourth-order valence-corrected chi connectivity index (χ4v) is 0.486. The van der Waals surface area contributed by atoms with E-state index in [0.717, 1.165) is 6.61 Å². The molecule has 0 fully saturated rings. The Hall–Kier alpha value is -0.156. The molecule has 0 heterocycles. The first-order chi connectivity index (χ1) is 5.56. The van der Waals surface area contributed by atoms with Gasteiger partial charge >= 0.3 is 53.2 Å². The zero-order valence-electron chi connectivity index (χ0n) is 7.59. The quantitative estimate of drug-likeness (QED) is 0.430. The van der Waals surface area contributed by atoms with E-state index in [4.69, 9.17) is 8.42 Å². The van der Waals surface area contributed by atoms with Gasteiger partial charge in [0.15, 0.2) is 0 Å². The Kier molecular flexibility index (Phi) is 13.0. The third-order valence-electron chi connectivity index (χ3n) is 0.652. The molecular formula is C7H14O4Ti. The standard InChI is InChI=1S/C4H6O2.C2H5O.CH3O.Ti/c1-3(2)4(5)6;1-2-3;1-2;/h1H2,2H3,(H,5,6);2H2,1H3;1H3;/q;2*-1;+2. The normalized spacial score (nSPS) is 7.92. The number of carboxylic acid groups (broad SMARTS) is 1. The third kappa shape index (κ3) is 16.4. The van der Waals surface area contributed by atoms with Crippen LogP contribution in [0.1, 0.15) is 13.8 Å². The van der Waals surface area contributed by atoms with E-state index in [0.29, 0.717) is 0 Å². The summed E-state index contributed by atoms with van der Waals surface area (Å²) in [6.07, 6.45) is 0. The molecule has 0 saturated carbocycles. The maximum absolute atomic E-state index is 9.60. The van der Waals surface area contributed by atoms with Crippen LogP contribution >= 0.6 is 0 Å². The van der Waals surface area contributed by atoms with Crippen molar-refractivity contribution in [2.45, 2.75) is 13.8 Å². The number of hydrogen-bond donors (Lipinski definition) is 1. The van der Waals surface area contributed by atoms with Gasteiger partial charge in [-0.25, -0.2) is 4.79 Å². The van der Waals surface area contributed by atoms with Crippen molar-refractivity contribution in [3.63, 3.8) is 0 Å². The molecule has 0 unspecified atom stereocenters. The van der Waals surface area contributed by atoms with Crippen molar-refractivity contribution in [2.75, 3.05) is 13.7 Å². The number of carboxylic acids is 1. The van der Waals surface area contributed by atoms with Gasteiger partial charge in [0.1, 0.15) is 0 Å². The van der Waals surface area contributed by atoms with E-state index < -0.39 is 25.9 Å². The van der Waals surface area contributed by atoms with Crippen LogP contribution in [-0.2, 0) is 31.4 Å². The van der Waals surface area contributed by atoms with Crippen LogP contribution in [0.2, 0.25) is 0 Å². The Morgan fingerprint density at radius 1 is 1.67 bits per heavy atom. The zero-order chi connectivity index (χ0) is 9.98. The van der Waals surface area contributed by atoms with Gasteiger partial charge in [0, 0.05) is 5.57 Å². The molecule has 0 aliphatic carbocycles. The summed E-state index contributed by atoms with van der Waals surface area (Å²) in [5.74, 6) is -0.935. The Balaban J connectivity index is 0. The number of aliphatic carboxylic acids is 1. The number of hydrogen-bond acceptors (Lipinski definition) is 3. The van der Waals surface area contributed by atoms with E-state index in [1.54, 1.807) is 7.11 Å². The van der Waals surface area contributed by atoms with Crippen molar-refractivity contribution in [1.82, 2.24) is 0 Å². The molecule has 12 heavy (non-hydrogen) atoms. The first kappa shape index (κ1) is 14.4. The van der Waals surface area contributed by atoms with E-state index in [9.17, 15) is 4.79 Å². The van der Waals surface area contributed by atoms with Crippen molar-refractivity contribution in [1.29, 1.82) is 0 Å². The second-order valence-electron chi connectivity index (χ2n) is 1.81. The van der Waals surface area contributed by atoms with Gasteiger partial charge < -0.3 is 5.11 Å². The summed E-state index contributed by atoms with van der Waals surface area (Å²) in [6, 6.07) is 0. The van der Waals surface area contributed by atoms with Crippen molar-refractivity contribution in [3.05, 3.63) is 12.2 Å². The Morgan fingerprint density at radius 2 is 2.08 bits per heavy atom. The first-order valence-corrected chi connectivity index (χ1v) is 4.62. The monoisotopic (exact) mass is 210 g/mol. The molecule has 70 valence electrons. The Bertz CT molecular complexity index is 119. The van der Waals surface area contributed by atoms with Crippen LogP contribution < -0.4 is 0 Å². The van der Waals surface area contributed by atoms with Crippen LogP contribution in [0, 0.1) is 0 Å². The van der Waals surface area contributed by atoms with Gasteiger partial charge in [-0.1, -0.05) is 6.58 Å². The predicted molar refractivity (Wildman–Crippen MR) is 41.1 cm³/mol. The molecule has 0 aromatic rings. The van der Waals surface area contributed by atoms with Gasteiger partial charge in [0.05, 0.1) is 0 Å². The van der Waals surface area contributed by atoms with Crippen molar-refractivity contribution < 1.29 is 36.5 Å². The van der Waals surface area contributed by atoms with Gasteiger partial charge in [0.25, 0.3) is 0 Å². The zero-order valence-corrected chi connectivity index (χ0v) is 9.15. The van der Waals surface area contributed by atoms with Crippen LogP contribution in [0.4, 0.5) is 0 Å². The molecule has 0 atom stereocenters. The molecule has 5 heteroatoms. The molecule has 0 radical (unpaired) electrons. The van der Waals surface area contributed by atoms with E-state index in [1.807, 2.05) is 6.92 Å². The van der Waals surface area contributed by atoms with Crippen molar-refractivity contribution >= 4 is 5.97 Å². The maximum atomic E-state index is 9.60. The summed E-state index contributed by atoms with van der Waals surface area (Å²) in [7, 11) is 1.66. The van der Waals surface area contributed by atoms with Crippen molar-refractivity contribution in [3.8, 4) is 0 Å². The Labute approximate surface area is 82.4 Å². The van der Waals surface area contributed by atoms with Crippen LogP contribution in [0.25, 0.3) is 0 Å².